The first kappa shape index (κ1) is 18.2. The standard InChI is InChI=1S/C12H16F5NO5S/c1-8(2)5(18-8)9(3)4-10(9)7(23-10)22-6(11(13,14)15)12(16,17)24(19,20)21/h5-7,18H,4H2,1-3H3,(H,19,20,21). The van der Waals surface area contributed by atoms with Gasteiger partial charge in [0, 0.05) is 17.0 Å². The summed E-state index contributed by atoms with van der Waals surface area (Å²) in [6, 6.07) is -0.0787. The maximum Gasteiger partial charge on any atom is 0.421 e. The van der Waals surface area contributed by atoms with Gasteiger partial charge in [0.2, 0.25) is 6.10 Å². The van der Waals surface area contributed by atoms with Crippen LogP contribution >= 0.6 is 0 Å². The fraction of sp³-hybridized carbons (Fsp3) is 1.00. The lowest BCUT2D eigenvalue weighted by molar-refractivity contribution is -0.275. The molecule has 1 saturated carbocycles. The number of rotatable bonds is 5. The van der Waals surface area contributed by atoms with Gasteiger partial charge in [-0.1, -0.05) is 6.92 Å². The molecule has 5 atom stereocenters. The minimum absolute atomic E-state index is 0.0787. The maximum absolute atomic E-state index is 13.5. The Morgan fingerprint density at radius 1 is 1.25 bits per heavy atom. The Labute approximate surface area is 134 Å². The molecule has 6 nitrogen and oxygen atoms in total. The van der Waals surface area contributed by atoms with Crippen LogP contribution in [-0.4, -0.2) is 54.0 Å². The summed E-state index contributed by atoms with van der Waals surface area (Å²) < 4.78 is 105. The Kier molecular flexibility index (Phi) is 3.34. The molecule has 3 fully saturated rings. The average molecular weight is 381 g/mol. The second kappa shape index (κ2) is 4.40. The topological polar surface area (TPSA) is 98.1 Å². The largest absolute Gasteiger partial charge is 0.421 e. The van der Waals surface area contributed by atoms with Crippen LogP contribution in [0.15, 0.2) is 0 Å². The van der Waals surface area contributed by atoms with Crippen molar-refractivity contribution in [1.82, 2.24) is 5.32 Å². The highest BCUT2D eigenvalue weighted by Crippen LogP contribution is 2.75. The van der Waals surface area contributed by atoms with Crippen molar-refractivity contribution in [1.29, 1.82) is 0 Å². The van der Waals surface area contributed by atoms with Gasteiger partial charge in [0.05, 0.1) is 0 Å². The molecule has 12 heteroatoms. The fourth-order valence-corrected chi connectivity index (χ4v) is 4.02. The third-order valence-corrected chi connectivity index (χ3v) is 6.01. The molecular formula is C12H16F5NO5S. The van der Waals surface area contributed by atoms with Gasteiger partial charge in [0.25, 0.3) is 0 Å². The van der Waals surface area contributed by atoms with E-state index in [0.717, 1.165) is 0 Å². The van der Waals surface area contributed by atoms with Crippen LogP contribution < -0.4 is 5.32 Å². The molecular weight excluding hydrogens is 365 g/mol. The lowest BCUT2D eigenvalue weighted by Gasteiger charge is -2.25. The Morgan fingerprint density at radius 2 is 1.75 bits per heavy atom. The molecule has 2 N–H and O–H groups in total. The van der Waals surface area contributed by atoms with Crippen LogP contribution in [0.5, 0.6) is 0 Å². The van der Waals surface area contributed by atoms with Gasteiger partial charge >= 0.3 is 21.5 Å². The summed E-state index contributed by atoms with van der Waals surface area (Å²) in [4.78, 5) is 0. The molecule has 0 radical (unpaired) electrons. The van der Waals surface area contributed by atoms with Crippen molar-refractivity contribution in [3.63, 3.8) is 0 Å². The first-order chi connectivity index (χ1) is 10.5. The van der Waals surface area contributed by atoms with Crippen molar-refractivity contribution in [2.45, 2.75) is 68.2 Å². The second-order valence-electron chi connectivity index (χ2n) is 7.33. The molecule has 1 aliphatic carbocycles. The number of hydrogen-bond acceptors (Lipinski definition) is 5. The molecule has 0 aromatic heterocycles. The monoisotopic (exact) mass is 381 g/mol. The molecule has 2 aliphatic heterocycles. The molecule has 3 rings (SSSR count). The number of epoxide rings is 1. The van der Waals surface area contributed by atoms with Gasteiger partial charge < -0.3 is 14.8 Å². The lowest BCUT2D eigenvalue weighted by Crippen LogP contribution is -2.52. The lowest BCUT2D eigenvalue weighted by atomic mass is 9.94. The van der Waals surface area contributed by atoms with E-state index in [-0.39, 0.29) is 11.6 Å². The molecule has 5 unspecified atom stereocenters. The van der Waals surface area contributed by atoms with Crippen LogP contribution in [0.1, 0.15) is 27.2 Å². The number of nitrogens with one attached hydrogen (secondary N) is 1. The Hall–Kier alpha value is -0.560. The van der Waals surface area contributed by atoms with E-state index >= 15 is 0 Å². The second-order valence-corrected chi connectivity index (χ2v) is 8.82. The molecule has 3 aliphatic rings. The van der Waals surface area contributed by atoms with E-state index in [1.165, 1.54) is 0 Å². The maximum atomic E-state index is 13.5. The SMILES string of the molecule is CC1(C)NC1C1(C)CC12OC2OC(C(F)(F)F)C(F)(F)S(=O)(=O)O. The molecule has 0 bridgehead atoms. The Balaban J connectivity index is 1.76. The van der Waals surface area contributed by atoms with E-state index in [2.05, 4.69) is 10.1 Å². The summed E-state index contributed by atoms with van der Waals surface area (Å²) in [5.41, 5.74) is -1.99. The highest BCUT2D eigenvalue weighted by Gasteiger charge is 2.88. The van der Waals surface area contributed by atoms with Crippen LogP contribution in [-0.2, 0) is 19.6 Å². The summed E-state index contributed by atoms with van der Waals surface area (Å²) in [6.45, 7) is 5.47. The number of alkyl halides is 5. The quantitative estimate of drug-likeness (QED) is 0.427. The predicted octanol–water partition coefficient (Wildman–Crippen LogP) is 1.67. The van der Waals surface area contributed by atoms with Crippen LogP contribution in [0.25, 0.3) is 0 Å². The van der Waals surface area contributed by atoms with E-state index in [0.29, 0.717) is 6.42 Å². The van der Waals surface area contributed by atoms with Crippen molar-refractivity contribution in [2.75, 3.05) is 0 Å². The van der Waals surface area contributed by atoms with Gasteiger partial charge in [-0.05, 0) is 20.3 Å². The van der Waals surface area contributed by atoms with E-state index in [9.17, 15) is 30.4 Å². The number of ether oxygens (including phenoxy) is 2. The van der Waals surface area contributed by atoms with Gasteiger partial charge in [0.15, 0.2) is 6.29 Å². The summed E-state index contributed by atoms with van der Waals surface area (Å²) >= 11 is 0. The molecule has 0 aromatic carbocycles. The fourth-order valence-electron chi connectivity index (χ4n) is 3.56. The van der Waals surface area contributed by atoms with E-state index < -0.39 is 45.0 Å². The smallest absolute Gasteiger partial charge is 0.337 e. The van der Waals surface area contributed by atoms with Crippen molar-refractivity contribution in [3.8, 4) is 0 Å². The summed E-state index contributed by atoms with van der Waals surface area (Å²) in [5.74, 6) is 0. The van der Waals surface area contributed by atoms with Crippen molar-refractivity contribution in [3.05, 3.63) is 0 Å². The van der Waals surface area contributed by atoms with Crippen LogP contribution in [0.3, 0.4) is 0 Å². The Bertz CT molecular complexity index is 680. The van der Waals surface area contributed by atoms with Crippen molar-refractivity contribution >= 4 is 10.1 Å². The predicted molar refractivity (Wildman–Crippen MR) is 68.8 cm³/mol. The molecule has 2 saturated heterocycles. The minimum Gasteiger partial charge on any atom is -0.337 e. The summed E-state index contributed by atoms with van der Waals surface area (Å²) in [7, 11) is -6.32. The zero-order valence-electron chi connectivity index (χ0n) is 12.8. The first-order valence-electron chi connectivity index (χ1n) is 7.02. The normalized spacial score (nSPS) is 42.0. The Morgan fingerprint density at radius 3 is 2.12 bits per heavy atom. The molecule has 0 aromatic rings. The van der Waals surface area contributed by atoms with Gasteiger partial charge in [-0.25, -0.2) is 0 Å². The van der Waals surface area contributed by atoms with E-state index in [1.54, 1.807) is 6.92 Å². The molecule has 1 spiro atoms. The van der Waals surface area contributed by atoms with E-state index in [1.807, 2.05) is 13.8 Å². The third kappa shape index (κ3) is 2.37. The highest BCUT2D eigenvalue weighted by molar-refractivity contribution is 7.86. The molecule has 0 amide bonds. The minimum atomic E-state index is -6.32. The summed E-state index contributed by atoms with van der Waals surface area (Å²) in [5, 5.41) is -2.42. The first-order valence-corrected chi connectivity index (χ1v) is 8.46. The zero-order chi connectivity index (χ0) is 18.6. The number of hydrogen-bond donors (Lipinski definition) is 2. The zero-order valence-corrected chi connectivity index (χ0v) is 13.6. The van der Waals surface area contributed by atoms with Gasteiger partial charge in [-0.15, -0.1) is 0 Å². The van der Waals surface area contributed by atoms with Crippen LogP contribution in [0.4, 0.5) is 22.0 Å². The summed E-state index contributed by atoms with van der Waals surface area (Å²) in [6.07, 6.45) is -11.0. The van der Waals surface area contributed by atoms with Crippen molar-refractivity contribution < 1.29 is 44.4 Å². The molecule has 24 heavy (non-hydrogen) atoms. The third-order valence-electron chi connectivity index (χ3n) is 5.11. The van der Waals surface area contributed by atoms with Crippen LogP contribution in [0.2, 0.25) is 0 Å². The van der Waals surface area contributed by atoms with Gasteiger partial charge in [0.1, 0.15) is 5.60 Å². The highest BCUT2D eigenvalue weighted by atomic mass is 32.2. The molecule has 140 valence electrons. The van der Waals surface area contributed by atoms with E-state index in [4.69, 9.17) is 9.29 Å². The van der Waals surface area contributed by atoms with Crippen LogP contribution in [0, 0.1) is 5.41 Å². The van der Waals surface area contributed by atoms with Crippen molar-refractivity contribution in [2.24, 2.45) is 5.41 Å². The van der Waals surface area contributed by atoms with Gasteiger partial charge in [-0.3, -0.25) is 4.55 Å². The van der Waals surface area contributed by atoms with Gasteiger partial charge in [-0.2, -0.15) is 30.4 Å². The number of halogens is 5. The average Bonchev–Trinajstić information content (AvgIpc) is 3.24. The molecule has 2 heterocycles.